The molecule has 0 amide bonds. The van der Waals surface area contributed by atoms with E-state index in [4.69, 9.17) is 17.3 Å². The summed E-state index contributed by atoms with van der Waals surface area (Å²) in [5, 5.41) is 3.86. The molecule has 2 nitrogen and oxygen atoms in total. The largest absolute Gasteiger partial charge is 0.378 e. The van der Waals surface area contributed by atoms with Crippen molar-refractivity contribution < 1.29 is 4.39 Å². The van der Waals surface area contributed by atoms with Crippen LogP contribution in [0.4, 0.5) is 10.1 Å². The van der Waals surface area contributed by atoms with Gasteiger partial charge in [-0.25, -0.2) is 4.39 Å². The molecule has 1 fully saturated rings. The highest BCUT2D eigenvalue weighted by Gasteiger charge is 2.37. The van der Waals surface area contributed by atoms with E-state index in [0.29, 0.717) is 17.0 Å². The Hall–Kier alpha value is -0.800. The fourth-order valence-corrected chi connectivity index (χ4v) is 3.57. The molecule has 1 aliphatic rings. The molecule has 1 saturated carbocycles. The Bertz CT molecular complexity index is 468. The molecule has 1 aliphatic carbocycles. The molecule has 0 atom stereocenters. The molecule has 0 heterocycles. The smallest absolute Gasteiger partial charge is 0.126 e. The average molecular weight is 313 g/mol. The number of nitrogens with one attached hydrogen (secondary N) is 1. The van der Waals surface area contributed by atoms with E-state index in [-0.39, 0.29) is 11.4 Å². The second-order valence-electron chi connectivity index (χ2n) is 7.41. The van der Waals surface area contributed by atoms with Crippen LogP contribution < -0.4 is 11.1 Å². The molecule has 3 N–H and O–H groups in total. The summed E-state index contributed by atoms with van der Waals surface area (Å²) in [5.74, 6) is 0.399. The predicted octanol–water partition coefficient (Wildman–Crippen LogP) is 4.82. The summed E-state index contributed by atoms with van der Waals surface area (Å²) in [5.41, 5.74) is 6.95. The predicted molar refractivity (Wildman–Crippen MR) is 88.2 cm³/mol. The van der Waals surface area contributed by atoms with Crippen molar-refractivity contribution in [2.45, 2.75) is 52.0 Å². The van der Waals surface area contributed by atoms with Crippen LogP contribution in [0.15, 0.2) is 18.2 Å². The van der Waals surface area contributed by atoms with Gasteiger partial charge in [-0.05, 0) is 55.2 Å². The van der Waals surface area contributed by atoms with E-state index in [2.05, 4.69) is 26.1 Å². The highest BCUT2D eigenvalue weighted by Crippen LogP contribution is 2.42. The lowest BCUT2D eigenvalue weighted by Crippen LogP contribution is -2.49. The Kier molecular flexibility index (Phi) is 4.84. The third kappa shape index (κ3) is 4.10. The van der Waals surface area contributed by atoms with Crippen LogP contribution in [-0.4, -0.2) is 12.1 Å². The van der Waals surface area contributed by atoms with Crippen LogP contribution in [0.25, 0.3) is 0 Å². The zero-order valence-corrected chi connectivity index (χ0v) is 13.9. The van der Waals surface area contributed by atoms with Gasteiger partial charge in [0.2, 0.25) is 0 Å². The zero-order valence-electron chi connectivity index (χ0n) is 13.2. The van der Waals surface area contributed by atoms with Gasteiger partial charge < -0.3 is 11.1 Å². The Balaban J connectivity index is 2.10. The maximum absolute atomic E-state index is 13.5. The van der Waals surface area contributed by atoms with E-state index in [1.54, 1.807) is 6.07 Å². The molecule has 0 unspecified atom stereocenters. The summed E-state index contributed by atoms with van der Waals surface area (Å²) in [6, 6.07) is 4.56. The number of hydrogen-bond acceptors (Lipinski definition) is 2. The van der Waals surface area contributed by atoms with E-state index >= 15 is 0 Å². The second-order valence-corrected chi connectivity index (χ2v) is 7.84. The van der Waals surface area contributed by atoms with E-state index in [1.165, 1.54) is 12.1 Å². The summed E-state index contributed by atoms with van der Waals surface area (Å²) in [7, 11) is 0. The van der Waals surface area contributed by atoms with Gasteiger partial charge >= 0.3 is 0 Å². The van der Waals surface area contributed by atoms with Crippen molar-refractivity contribution in [2.24, 2.45) is 17.1 Å². The molecule has 0 aromatic heterocycles. The van der Waals surface area contributed by atoms with E-state index in [0.717, 1.165) is 37.3 Å². The van der Waals surface area contributed by atoms with Gasteiger partial charge in [-0.3, -0.25) is 0 Å². The van der Waals surface area contributed by atoms with Gasteiger partial charge in [-0.1, -0.05) is 32.4 Å². The Labute approximate surface area is 132 Å². The topological polar surface area (TPSA) is 38.0 Å². The van der Waals surface area contributed by atoms with Crippen molar-refractivity contribution in [1.29, 1.82) is 0 Å². The molecular formula is C17H26ClFN2. The maximum Gasteiger partial charge on any atom is 0.126 e. The van der Waals surface area contributed by atoms with E-state index in [9.17, 15) is 4.39 Å². The Morgan fingerprint density at radius 2 is 1.90 bits per heavy atom. The number of hydrogen-bond donors (Lipinski definition) is 2. The van der Waals surface area contributed by atoms with Crippen LogP contribution in [0.3, 0.4) is 0 Å². The molecule has 1 aromatic carbocycles. The molecule has 0 bridgehead atoms. The highest BCUT2D eigenvalue weighted by atomic mass is 35.5. The van der Waals surface area contributed by atoms with E-state index in [1.807, 2.05) is 0 Å². The first-order valence-electron chi connectivity index (χ1n) is 7.68. The van der Waals surface area contributed by atoms with Crippen LogP contribution in [0.2, 0.25) is 5.02 Å². The van der Waals surface area contributed by atoms with Crippen LogP contribution >= 0.6 is 11.6 Å². The lowest BCUT2D eigenvalue weighted by Gasteiger charge is -2.44. The minimum Gasteiger partial charge on any atom is -0.378 e. The van der Waals surface area contributed by atoms with Gasteiger partial charge in [-0.15, -0.1) is 0 Å². The molecule has 1 aromatic rings. The van der Waals surface area contributed by atoms with Gasteiger partial charge in [0.25, 0.3) is 0 Å². The number of halogens is 2. The average Bonchev–Trinajstić information content (AvgIpc) is 2.37. The Morgan fingerprint density at radius 3 is 2.38 bits per heavy atom. The maximum atomic E-state index is 13.5. The van der Waals surface area contributed by atoms with E-state index < -0.39 is 0 Å². The van der Waals surface area contributed by atoms with Crippen LogP contribution in [0, 0.1) is 17.2 Å². The van der Waals surface area contributed by atoms with Gasteiger partial charge in [0.05, 0.1) is 0 Å². The van der Waals surface area contributed by atoms with Crippen molar-refractivity contribution in [3.63, 3.8) is 0 Å². The summed E-state index contributed by atoms with van der Waals surface area (Å²) < 4.78 is 13.5. The van der Waals surface area contributed by atoms with Crippen molar-refractivity contribution in [1.82, 2.24) is 0 Å². The fraction of sp³-hybridized carbons (Fsp3) is 0.647. The summed E-state index contributed by atoms with van der Waals surface area (Å²) in [4.78, 5) is 0. The molecule has 118 valence electrons. The molecule has 0 saturated heterocycles. The van der Waals surface area contributed by atoms with Crippen LogP contribution in [0.5, 0.6) is 0 Å². The van der Waals surface area contributed by atoms with Crippen molar-refractivity contribution in [2.75, 3.05) is 11.9 Å². The van der Waals surface area contributed by atoms with Crippen molar-refractivity contribution in [3.8, 4) is 0 Å². The first-order chi connectivity index (χ1) is 9.74. The monoisotopic (exact) mass is 312 g/mol. The molecule has 4 heteroatoms. The van der Waals surface area contributed by atoms with Gasteiger partial charge in [0, 0.05) is 22.8 Å². The van der Waals surface area contributed by atoms with Gasteiger partial charge in [0.15, 0.2) is 0 Å². The molecule has 0 aliphatic heterocycles. The van der Waals surface area contributed by atoms with Crippen LogP contribution in [0.1, 0.15) is 46.5 Å². The Morgan fingerprint density at radius 1 is 1.29 bits per heavy atom. The number of anilines is 1. The van der Waals surface area contributed by atoms with Gasteiger partial charge in [0.1, 0.15) is 5.82 Å². The summed E-state index contributed by atoms with van der Waals surface area (Å²) in [6.45, 7) is 7.45. The highest BCUT2D eigenvalue weighted by molar-refractivity contribution is 6.30. The number of benzene rings is 1. The summed E-state index contributed by atoms with van der Waals surface area (Å²) in [6.07, 6.45) is 4.33. The molecule has 2 rings (SSSR count). The molecular weight excluding hydrogens is 287 g/mol. The lowest BCUT2D eigenvalue weighted by atomic mass is 9.67. The lowest BCUT2D eigenvalue weighted by molar-refractivity contribution is 0.145. The third-order valence-corrected chi connectivity index (χ3v) is 5.05. The summed E-state index contributed by atoms with van der Waals surface area (Å²) >= 11 is 5.93. The molecule has 0 spiro atoms. The first-order valence-corrected chi connectivity index (χ1v) is 8.06. The number of rotatable bonds is 3. The minimum atomic E-state index is -0.319. The quantitative estimate of drug-likeness (QED) is 0.839. The SMILES string of the molecule is CC(C)(C)C1CCC(CN)(Nc2cc(F)cc(Cl)c2)CC1. The zero-order chi connectivity index (χ0) is 15.7. The minimum absolute atomic E-state index is 0.140. The molecule has 0 radical (unpaired) electrons. The standard InChI is InChI=1S/C17H26ClFN2/c1-16(2,3)12-4-6-17(11-20,7-5-12)21-15-9-13(18)8-14(19)10-15/h8-10,12,21H,4-7,11,20H2,1-3H3. The second kappa shape index (κ2) is 6.13. The first kappa shape index (κ1) is 16.6. The van der Waals surface area contributed by atoms with Crippen molar-refractivity contribution in [3.05, 3.63) is 29.0 Å². The number of nitrogens with two attached hydrogens (primary N) is 1. The van der Waals surface area contributed by atoms with Crippen LogP contribution in [-0.2, 0) is 0 Å². The van der Waals surface area contributed by atoms with Gasteiger partial charge in [-0.2, -0.15) is 0 Å². The molecule has 21 heavy (non-hydrogen) atoms. The van der Waals surface area contributed by atoms with Crippen molar-refractivity contribution >= 4 is 17.3 Å². The normalized spacial score (nSPS) is 26.7. The fourth-order valence-electron chi connectivity index (χ4n) is 3.35. The third-order valence-electron chi connectivity index (χ3n) is 4.83.